The van der Waals surface area contributed by atoms with E-state index in [0.29, 0.717) is 18.0 Å². The van der Waals surface area contributed by atoms with Crippen LogP contribution in [0.1, 0.15) is 5.56 Å². The number of hydrogen-bond acceptors (Lipinski definition) is 4. The zero-order chi connectivity index (χ0) is 13.7. The second kappa shape index (κ2) is 6.00. The third-order valence-corrected chi connectivity index (χ3v) is 2.86. The van der Waals surface area contributed by atoms with Crippen LogP contribution in [0.3, 0.4) is 0 Å². The van der Waals surface area contributed by atoms with Crippen molar-refractivity contribution in [1.29, 1.82) is 0 Å². The quantitative estimate of drug-likeness (QED) is 0.810. The molecule has 100 valence electrons. The van der Waals surface area contributed by atoms with Crippen LogP contribution in [0.2, 0.25) is 0 Å². The predicted molar refractivity (Wildman–Crippen MR) is 77.7 cm³/mol. The molecule has 2 aromatic carbocycles. The molecule has 0 heterocycles. The summed E-state index contributed by atoms with van der Waals surface area (Å²) in [5, 5.41) is 3.32. The van der Waals surface area contributed by atoms with Crippen LogP contribution in [-0.2, 0) is 6.54 Å². The van der Waals surface area contributed by atoms with Crippen molar-refractivity contribution in [3.05, 3.63) is 48.0 Å². The Balaban J connectivity index is 2.05. The van der Waals surface area contributed by atoms with E-state index in [9.17, 15) is 0 Å². The zero-order valence-corrected chi connectivity index (χ0v) is 11.1. The molecule has 4 heteroatoms. The van der Waals surface area contributed by atoms with Gasteiger partial charge >= 0.3 is 0 Å². The predicted octanol–water partition coefficient (Wildman–Crippen LogP) is 2.90. The largest absolute Gasteiger partial charge is 0.497 e. The average molecular weight is 258 g/mol. The van der Waals surface area contributed by atoms with Crippen LogP contribution in [-0.4, -0.2) is 14.2 Å². The van der Waals surface area contributed by atoms with E-state index >= 15 is 0 Å². The Morgan fingerprint density at radius 2 is 1.89 bits per heavy atom. The van der Waals surface area contributed by atoms with Gasteiger partial charge in [-0.25, -0.2) is 0 Å². The Labute approximate surface area is 113 Å². The Morgan fingerprint density at radius 1 is 1.05 bits per heavy atom. The molecule has 0 radical (unpaired) electrons. The van der Waals surface area contributed by atoms with Crippen molar-refractivity contribution >= 4 is 11.4 Å². The van der Waals surface area contributed by atoms with Crippen LogP contribution >= 0.6 is 0 Å². The van der Waals surface area contributed by atoms with Crippen molar-refractivity contribution in [2.75, 3.05) is 25.3 Å². The lowest BCUT2D eigenvalue weighted by molar-refractivity contribution is 0.414. The van der Waals surface area contributed by atoms with E-state index in [4.69, 9.17) is 15.2 Å². The summed E-state index contributed by atoms with van der Waals surface area (Å²) in [5.41, 5.74) is 8.52. The minimum absolute atomic E-state index is 0.634. The van der Waals surface area contributed by atoms with Crippen molar-refractivity contribution < 1.29 is 9.47 Å². The van der Waals surface area contributed by atoms with Gasteiger partial charge in [0.1, 0.15) is 11.5 Å². The van der Waals surface area contributed by atoms with Crippen LogP contribution in [0.25, 0.3) is 0 Å². The standard InChI is InChI=1S/C15H18N2O2/c1-18-13-5-3-4-11(8-13)10-17-12-6-7-14(16)15(9-12)19-2/h3-9,17H,10,16H2,1-2H3. The number of nitrogen functional groups attached to an aromatic ring is 1. The number of ether oxygens (including phenoxy) is 2. The van der Waals surface area contributed by atoms with Crippen molar-refractivity contribution in [2.24, 2.45) is 0 Å². The highest BCUT2D eigenvalue weighted by molar-refractivity contribution is 5.61. The lowest BCUT2D eigenvalue weighted by atomic mass is 10.2. The maximum absolute atomic E-state index is 5.78. The summed E-state index contributed by atoms with van der Waals surface area (Å²) < 4.78 is 10.4. The molecule has 0 bridgehead atoms. The van der Waals surface area contributed by atoms with E-state index in [2.05, 4.69) is 5.32 Å². The van der Waals surface area contributed by atoms with Crippen molar-refractivity contribution in [3.63, 3.8) is 0 Å². The minimum atomic E-state index is 0.634. The van der Waals surface area contributed by atoms with Gasteiger partial charge in [-0.3, -0.25) is 0 Å². The molecule has 3 N–H and O–H groups in total. The van der Waals surface area contributed by atoms with E-state index in [1.807, 2.05) is 42.5 Å². The van der Waals surface area contributed by atoms with Crippen LogP contribution in [0.15, 0.2) is 42.5 Å². The Hall–Kier alpha value is -2.36. The molecule has 0 aliphatic rings. The monoisotopic (exact) mass is 258 g/mol. The summed E-state index contributed by atoms with van der Waals surface area (Å²) in [7, 11) is 3.27. The first kappa shape index (κ1) is 13.1. The van der Waals surface area contributed by atoms with Crippen LogP contribution < -0.4 is 20.5 Å². The molecule has 0 aliphatic carbocycles. The lowest BCUT2D eigenvalue weighted by Gasteiger charge is -2.10. The molecule has 2 aromatic rings. The van der Waals surface area contributed by atoms with Gasteiger partial charge in [-0.1, -0.05) is 12.1 Å². The molecule has 0 atom stereocenters. The number of benzene rings is 2. The fourth-order valence-corrected chi connectivity index (χ4v) is 1.81. The van der Waals surface area contributed by atoms with Crippen molar-refractivity contribution in [1.82, 2.24) is 0 Å². The molecular weight excluding hydrogens is 240 g/mol. The first-order valence-corrected chi connectivity index (χ1v) is 6.03. The van der Waals surface area contributed by atoms with E-state index < -0.39 is 0 Å². The number of rotatable bonds is 5. The first-order valence-electron chi connectivity index (χ1n) is 6.03. The Morgan fingerprint density at radius 3 is 2.63 bits per heavy atom. The molecule has 0 spiro atoms. The molecule has 2 rings (SSSR count). The zero-order valence-electron chi connectivity index (χ0n) is 11.1. The first-order chi connectivity index (χ1) is 9.22. The van der Waals surface area contributed by atoms with E-state index in [0.717, 1.165) is 17.0 Å². The third-order valence-electron chi connectivity index (χ3n) is 2.86. The van der Waals surface area contributed by atoms with Gasteiger partial charge in [0.15, 0.2) is 0 Å². The molecule has 0 amide bonds. The van der Waals surface area contributed by atoms with Gasteiger partial charge in [-0.05, 0) is 29.8 Å². The van der Waals surface area contributed by atoms with Crippen LogP contribution in [0.5, 0.6) is 11.5 Å². The maximum Gasteiger partial charge on any atom is 0.143 e. The second-order valence-corrected chi connectivity index (χ2v) is 4.16. The summed E-state index contributed by atoms with van der Waals surface area (Å²) in [6, 6.07) is 13.6. The number of nitrogens with one attached hydrogen (secondary N) is 1. The molecule has 0 fully saturated rings. The SMILES string of the molecule is COc1cccc(CNc2ccc(N)c(OC)c2)c1. The highest BCUT2D eigenvalue weighted by atomic mass is 16.5. The molecule has 0 saturated carbocycles. The van der Waals surface area contributed by atoms with Crippen LogP contribution in [0, 0.1) is 0 Å². The van der Waals surface area contributed by atoms with Crippen molar-refractivity contribution in [3.8, 4) is 11.5 Å². The summed E-state index contributed by atoms with van der Waals surface area (Å²) in [4.78, 5) is 0. The summed E-state index contributed by atoms with van der Waals surface area (Å²) in [6.07, 6.45) is 0. The Kier molecular flexibility index (Phi) is 4.13. The fourth-order valence-electron chi connectivity index (χ4n) is 1.81. The smallest absolute Gasteiger partial charge is 0.143 e. The summed E-state index contributed by atoms with van der Waals surface area (Å²) in [6.45, 7) is 0.713. The Bertz CT molecular complexity index is 556. The summed E-state index contributed by atoms with van der Waals surface area (Å²) >= 11 is 0. The minimum Gasteiger partial charge on any atom is -0.497 e. The van der Waals surface area contributed by atoms with E-state index in [-0.39, 0.29) is 0 Å². The fraction of sp³-hybridized carbons (Fsp3) is 0.200. The van der Waals surface area contributed by atoms with E-state index in [1.165, 1.54) is 0 Å². The number of anilines is 2. The molecule has 0 unspecified atom stereocenters. The highest BCUT2D eigenvalue weighted by Crippen LogP contribution is 2.25. The van der Waals surface area contributed by atoms with Gasteiger partial charge in [0.25, 0.3) is 0 Å². The van der Waals surface area contributed by atoms with Gasteiger partial charge in [-0.15, -0.1) is 0 Å². The molecule has 19 heavy (non-hydrogen) atoms. The van der Waals surface area contributed by atoms with E-state index in [1.54, 1.807) is 14.2 Å². The molecule has 0 saturated heterocycles. The lowest BCUT2D eigenvalue weighted by Crippen LogP contribution is -2.01. The van der Waals surface area contributed by atoms with Gasteiger partial charge in [0.05, 0.1) is 19.9 Å². The normalized spacial score (nSPS) is 10.0. The topological polar surface area (TPSA) is 56.5 Å². The van der Waals surface area contributed by atoms with Gasteiger partial charge in [0.2, 0.25) is 0 Å². The number of nitrogens with two attached hydrogens (primary N) is 1. The molecule has 4 nitrogen and oxygen atoms in total. The molecular formula is C15H18N2O2. The maximum atomic E-state index is 5.78. The summed E-state index contributed by atoms with van der Waals surface area (Å²) in [5.74, 6) is 1.53. The number of methoxy groups -OCH3 is 2. The molecule has 0 aromatic heterocycles. The highest BCUT2D eigenvalue weighted by Gasteiger charge is 2.01. The third kappa shape index (κ3) is 3.31. The van der Waals surface area contributed by atoms with Gasteiger partial charge in [0, 0.05) is 18.3 Å². The second-order valence-electron chi connectivity index (χ2n) is 4.16. The van der Waals surface area contributed by atoms with Crippen molar-refractivity contribution in [2.45, 2.75) is 6.54 Å². The molecule has 0 aliphatic heterocycles. The number of hydrogen-bond donors (Lipinski definition) is 2. The van der Waals surface area contributed by atoms with Gasteiger partial charge < -0.3 is 20.5 Å². The van der Waals surface area contributed by atoms with Crippen LogP contribution in [0.4, 0.5) is 11.4 Å². The van der Waals surface area contributed by atoms with Gasteiger partial charge in [-0.2, -0.15) is 0 Å². The average Bonchev–Trinajstić information content (AvgIpc) is 2.46.